The Morgan fingerprint density at radius 2 is 2.03 bits per heavy atom. The van der Waals surface area contributed by atoms with Crippen molar-refractivity contribution < 1.29 is 9.53 Å². The smallest absolute Gasteiger partial charge is 0.255 e. The summed E-state index contributed by atoms with van der Waals surface area (Å²) in [5.41, 5.74) is 4.26. The monoisotopic (exact) mass is 389 g/mol. The zero-order valence-electron chi connectivity index (χ0n) is 16.6. The number of aromatic amines is 1. The fourth-order valence-electron chi connectivity index (χ4n) is 3.33. The second-order valence-corrected chi connectivity index (χ2v) is 6.99. The summed E-state index contributed by atoms with van der Waals surface area (Å²) in [4.78, 5) is 20.8. The summed E-state index contributed by atoms with van der Waals surface area (Å²) in [6, 6.07) is 15.4. The molecule has 4 rings (SSSR count). The number of rotatable bonds is 6. The topological polar surface area (TPSA) is 84.8 Å². The second kappa shape index (κ2) is 7.79. The van der Waals surface area contributed by atoms with Crippen LogP contribution in [0, 0.1) is 0 Å². The second-order valence-electron chi connectivity index (χ2n) is 6.99. The third kappa shape index (κ3) is 3.85. The Balaban J connectivity index is 1.53. The van der Waals surface area contributed by atoms with E-state index in [1.165, 1.54) is 0 Å². The van der Waals surface area contributed by atoms with Gasteiger partial charge in [0, 0.05) is 19.5 Å². The number of ether oxygens (including phenoxy) is 1. The lowest BCUT2D eigenvalue weighted by Crippen LogP contribution is -2.28. The Labute approximate surface area is 168 Å². The van der Waals surface area contributed by atoms with Gasteiger partial charge >= 0.3 is 0 Å². The molecular formula is C22H23N5O2. The number of imidazole rings is 1. The van der Waals surface area contributed by atoms with Gasteiger partial charge in [-0.05, 0) is 24.6 Å². The summed E-state index contributed by atoms with van der Waals surface area (Å²) in [6.45, 7) is 1.90. The highest BCUT2D eigenvalue weighted by Crippen LogP contribution is 2.21. The van der Waals surface area contributed by atoms with Crippen molar-refractivity contribution in [1.29, 1.82) is 0 Å². The lowest BCUT2D eigenvalue weighted by molar-refractivity contribution is 0.0937. The molecule has 2 heterocycles. The first-order chi connectivity index (χ1) is 14.0. The van der Waals surface area contributed by atoms with Crippen LogP contribution >= 0.6 is 0 Å². The first kappa shape index (κ1) is 18.7. The quantitative estimate of drug-likeness (QED) is 0.529. The molecule has 0 fully saturated rings. The van der Waals surface area contributed by atoms with E-state index in [0.717, 1.165) is 28.0 Å². The van der Waals surface area contributed by atoms with Crippen molar-refractivity contribution in [2.24, 2.45) is 7.05 Å². The molecular weight excluding hydrogens is 366 g/mol. The average Bonchev–Trinajstić information content (AvgIpc) is 3.32. The molecule has 2 N–H and O–H groups in total. The molecule has 0 aliphatic carbocycles. The van der Waals surface area contributed by atoms with Gasteiger partial charge in [-0.15, -0.1) is 0 Å². The van der Waals surface area contributed by atoms with E-state index in [4.69, 9.17) is 4.74 Å². The standard InChI is InChI=1S/C22H23N5O2/c1-14(21-25-18-10-9-16(29-3)12-19(18)26-21)24-22(28)17-13-23-27(2)20(17)11-15-7-5-4-6-8-15/h4-10,12-14H,11H2,1-3H3,(H,24,28)(H,25,26). The summed E-state index contributed by atoms with van der Waals surface area (Å²) in [5, 5.41) is 7.31. The highest BCUT2D eigenvalue weighted by Gasteiger charge is 2.20. The molecule has 0 saturated heterocycles. The number of carbonyl (C=O) groups is 1. The molecule has 2 aromatic heterocycles. The molecule has 1 atom stereocenters. The van der Waals surface area contributed by atoms with Gasteiger partial charge in [0.1, 0.15) is 11.6 Å². The summed E-state index contributed by atoms with van der Waals surface area (Å²) >= 11 is 0. The van der Waals surface area contributed by atoms with Crippen LogP contribution in [-0.2, 0) is 13.5 Å². The van der Waals surface area contributed by atoms with Crippen LogP contribution in [-0.4, -0.2) is 32.8 Å². The van der Waals surface area contributed by atoms with Crippen molar-refractivity contribution in [3.8, 4) is 5.75 Å². The average molecular weight is 389 g/mol. The number of hydrogen-bond donors (Lipinski definition) is 2. The van der Waals surface area contributed by atoms with Crippen LogP contribution in [0.5, 0.6) is 5.75 Å². The number of aromatic nitrogens is 4. The van der Waals surface area contributed by atoms with Crippen LogP contribution in [0.25, 0.3) is 11.0 Å². The zero-order chi connectivity index (χ0) is 20.4. The molecule has 0 bridgehead atoms. The summed E-state index contributed by atoms with van der Waals surface area (Å²) in [5.74, 6) is 1.27. The number of amides is 1. The van der Waals surface area contributed by atoms with Crippen molar-refractivity contribution >= 4 is 16.9 Å². The van der Waals surface area contributed by atoms with Crippen LogP contribution in [0.1, 0.15) is 40.4 Å². The fraction of sp³-hybridized carbons (Fsp3) is 0.227. The Kier molecular flexibility index (Phi) is 5.03. The number of benzene rings is 2. The minimum atomic E-state index is -0.286. The number of hydrogen-bond acceptors (Lipinski definition) is 4. The van der Waals surface area contributed by atoms with Gasteiger partial charge in [-0.2, -0.15) is 5.10 Å². The lowest BCUT2D eigenvalue weighted by Gasteiger charge is -2.12. The van der Waals surface area contributed by atoms with E-state index < -0.39 is 0 Å². The van der Waals surface area contributed by atoms with Crippen molar-refractivity contribution in [2.45, 2.75) is 19.4 Å². The largest absolute Gasteiger partial charge is 0.497 e. The van der Waals surface area contributed by atoms with Crippen LogP contribution in [0.4, 0.5) is 0 Å². The van der Waals surface area contributed by atoms with Crippen molar-refractivity contribution in [3.05, 3.63) is 77.4 Å². The van der Waals surface area contributed by atoms with Crippen molar-refractivity contribution in [1.82, 2.24) is 25.1 Å². The maximum Gasteiger partial charge on any atom is 0.255 e. The number of nitrogens with zero attached hydrogens (tertiary/aromatic N) is 3. The molecule has 29 heavy (non-hydrogen) atoms. The number of methoxy groups -OCH3 is 1. The van der Waals surface area contributed by atoms with Gasteiger partial charge in [0.2, 0.25) is 0 Å². The number of H-pyrrole nitrogens is 1. The van der Waals surface area contributed by atoms with Crippen LogP contribution in [0.15, 0.2) is 54.7 Å². The minimum Gasteiger partial charge on any atom is -0.497 e. The van der Waals surface area contributed by atoms with Gasteiger partial charge in [0.25, 0.3) is 5.91 Å². The number of aryl methyl sites for hydroxylation is 1. The normalized spacial score (nSPS) is 12.1. The van der Waals surface area contributed by atoms with Gasteiger partial charge in [0.05, 0.1) is 41.6 Å². The first-order valence-corrected chi connectivity index (χ1v) is 9.44. The summed E-state index contributed by atoms with van der Waals surface area (Å²) in [7, 11) is 3.48. The third-order valence-corrected chi connectivity index (χ3v) is 4.99. The van der Waals surface area contributed by atoms with Crippen molar-refractivity contribution in [3.63, 3.8) is 0 Å². The van der Waals surface area contributed by atoms with E-state index in [1.807, 2.05) is 62.5 Å². The third-order valence-electron chi connectivity index (χ3n) is 4.99. The Bertz CT molecular complexity index is 1150. The van der Waals surface area contributed by atoms with E-state index in [1.54, 1.807) is 18.0 Å². The predicted molar refractivity (Wildman–Crippen MR) is 111 cm³/mol. The van der Waals surface area contributed by atoms with E-state index in [0.29, 0.717) is 17.8 Å². The first-order valence-electron chi connectivity index (χ1n) is 9.44. The van der Waals surface area contributed by atoms with E-state index in [2.05, 4.69) is 20.4 Å². The molecule has 2 aromatic carbocycles. The molecule has 4 aromatic rings. The molecule has 0 radical (unpaired) electrons. The number of nitrogens with one attached hydrogen (secondary N) is 2. The number of carbonyl (C=O) groups excluding carboxylic acids is 1. The highest BCUT2D eigenvalue weighted by molar-refractivity contribution is 5.95. The van der Waals surface area contributed by atoms with Gasteiger partial charge < -0.3 is 15.0 Å². The Morgan fingerprint density at radius 1 is 1.24 bits per heavy atom. The van der Waals surface area contributed by atoms with Crippen molar-refractivity contribution in [2.75, 3.05) is 7.11 Å². The molecule has 7 nitrogen and oxygen atoms in total. The SMILES string of the molecule is COc1ccc2nc(C(C)NC(=O)c3cnn(C)c3Cc3ccccc3)[nH]c2c1. The highest BCUT2D eigenvalue weighted by atomic mass is 16.5. The van der Waals surface area contributed by atoms with Gasteiger partial charge in [-0.3, -0.25) is 9.48 Å². The molecule has 0 aliphatic rings. The number of fused-ring (bicyclic) bond motifs is 1. The summed E-state index contributed by atoms with van der Waals surface area (Å²) < 4.78 is 7.00. The maximum absolute atomic E-state index is 12.9. The molecule has 1 amide bonds. The van der Waals surface area contributed by atoms with E-state index in [-0.39, 0.29) is 11.9 Å². The maximum atomic E-state index is 12.9. The van der Waals surface area contributed by atoms with Gasteiger partial charge in [0.15, 0.2) is 0 Å². The molecule has 7 heteroatoms. The van der Waals surface area contributed by atoms with Crippen LogP contribution < -0.4 is 10.1 Å². The Morgan fingerprint density at radius 3 is 2.79 bits per heavy atom. The molecule has 0 saturated carbocycles. The fourth-order valence-corrected chi connectivity index (χ4v) is 3.33. The predicted octanol–water partition coefficient (Wildman–Crippen LogP) is 3.39. The minimum absolute atomic E-state index is 0.172. The molecule has 0 spiro atoms. The Hall–Kier alpha value is -3.61. The zero-order valence-corrected chi connectivity index (χ0v) is 16.6. The molecule has 0 aliphatic heterocycles. The van der Waals surface area contributed by atoms with Crippen LogP contribution in [0.3, 0.4) is 0 Å². The molecule has 148 valence electrons. The lowest BCUT2D eigenvalue weighted by atomic mass is 10.1. The van der Waals surface area contributed by atoms with E-state index >= 15 is 0 Å². The summed E-state index contributed by atoms with van der Waals surface area (Å²) in [6.07, 6.45) is 2.25. The van der Waals surface area contributed by atoms with Gasteiger partial charge in [-0.1, -0.05) is 30.3 Å². The molecule has 1 unspecified atom stereocenters. The van der Waals surface area contributed by atoms with Gasteiger partial charge in [-0.25, -0.2) is 4.98 Å². The van der Waals surface area contributed by atoms with Crippen LogP contribution in [0.2, 0.25) is 0 Å². The van der Waals surface area contributed by atoms with E-state index in [9.17, 15) is 4.79 Å².